The van der Waals surface area contributed by atoms with Crippen molar-refractivity contribution in [3.8, 4) is 11.5 Å². The number of nitrogens with zero attached hydrogens (tertiary/aromatic N) is 1. The summed E-state index contributed by atoms with van der Waals surface area (Å²) in [4.78, 5) is 27.0. The summed E-state index contributed by atoms with van der Waals surface area (Å²) >= 11 is 0. The molecule has 2 aliphatic heterocycles. The highest BCUT2D eigenvalue weighted by atomic mass is 16.7. The van der Waals surface area contributed by atoms with Crippen molar-refractivity contribution in [2.45, 2.75) is 32.6 Å². The van der Waals surface area contributed by atoms with Crippen molar-refractivity contribution < 1.29 is 28.5 Å². The molecule has 7 heteroatoms. The van der Waals surface area contributed by atoms with Gasteiger partial charge in [-0.3, -0.25) is 9.69 Å². The molecule has 1 fully saturated rings. The Balaban J connectivity index is 1.30. The molecule has 2 aliphatic rings. The van der Waals surface area contributed by atoms with Gasteiger partial charge in [0.05, 0.1) is 17.8 Å². The Bertz CT molecular complexity index is 916. The van der Waals surface area contributed by atoms with Crippen LogP contribution in [0.3, 0.4) is 0 Å². The Morgan fingerprint density at radius 3 is 2.37 bits per heavy atom. The van der Waals surface area contributed by atoms with E-state index in [4.69, 9.17) is 18.9 Å². The van der Waals surface area contributed by atoms with Crippen LogP contribution in [-0.4, -0.2) is 55.3 Å². The molecule has 0 aliphatic carbocycles. The lowest BCUT2D eigenvalue weighted by Gasteiger charge is -2.35. The third-order valence-electron chi connectivity index (χ3n) is 5.12. The fourth-order valence-electron chi connectivity index (χ4n) is 3.79. The quantitative estimate of drug-likeness (QED) is 0.534. The van der Waals surface area contributed by atoms with Crippen molar-refractivity contribution >= 4 is 11.8 Å². The van der Waals surface area contributed by atoms with E-state index >= 15 is 0 Å². The van der Waals surface area contributed by atoms with Crippen molar-refractivity contribution in [1.29, 1.82) is 0 Å². The number of fused-ring (bicyclic) bond motifs is 1. The van der Waals surface area contributed by atoms with E-state index in [1.165, 1.54) is 0 Å². The first-order chi connectivity index (χ1) is 14.5. The van der Waals surface area contributed by atoms with Crippen LogP contribution in [0.5, 0.6) is 11.5 Å². The number of rotatable bonds is 6. The van der Waals surface area contributed by atoms with Gasteiger partial charge in [-0.2, -0.15) is 0 Å². The predicted molar refractivity (Wildman–Crippen MR) is 109 cm³/mol. The van der Waals surface area contributed by atoms with Crippen molar-refractivity contribution in [1.82, 2.24) is 4.90 Å². The average molecular weight is 411 g/mol. The summed E-state index contributed by atoms with van der Waals surface area (Å²) in [6, 6.07) is 12.2. The zero-order valence-electron chi connectivity index (χ0n) is 17.1. The van der Waals surface area contributed by atoms with Crippen LogP contribution in [0.25, 0.3) is 0 Å². The van der Waals surface area contributed by atoms with E-state index in [1.54, 1.807) is 30.3 Å². The van der Waals surface area contributed by atoms with Crippen LogP contribution in [0.15, 0.2) is 42.5 Å². The highest BCUT2D eigenvalue weighted by molar-refractivity contribution is 5.99. The van der Waals surface area contributed by atoms with Crippen LogP contribution in [0.2, 0.25) is 0 Å². The highest BCUT2D eigenvalue weighted by Gasteiger charge is 2.22. The van der Waals surface area contributed by atoms with Gasteiger partial charge in [-0.1, -0.05) is 12.1 Å². The SMILES string of the molecule is CC1CN(Cc2ccc(C(=O)OCC(=O)c3ccc4c(c3)OCO4)cc2)CC(C)O1. The molecule has 2 unspecified atom stereocenters. The van der Waals surface area contributed by atoms with Crippen LogP contribution >= 0.6 is 0 Å². The highest BCUT2D eigenvalue weighted by Crippen LogP contribution is 2.32. The third-order valence-corrected chi connectivity index (χ3v) is 5.12. The molecule has 158 valence electrons. The molecule has 0 bridgehead atoms. The predicted octanol–water partition coefficient (Wildman–Crippen LogP) is 3.06. The number of morpholine rings is 1. The zero-order chi connectivity index (χ0) is 21.1. The Kier molecular flexibility index (Phi) is 6.01. The summed E-state index contributed by atoms with van der Waals surface area (Å²) < 4.78 is 21.5. The monoisotopic (exact) mass is 411 g/mol. The van der Waals surface area contributed by atoms with Gasteiger partial charge in [-0.15, -0.1) is 0 Å². The topological polar surface area (TPSA) is 74.3 Å². The molecule has 0 aromatic heterocycles. The zero-order valence-corrected chi connectivity index (χ0v) is 17.1. The standard InChI is InChI=1S/C23H25NO6/c1-15-10-24(11-16(2)30-15)12-17-3-5-18(6-4-17)23(26)27-13-20(25)19-7-8-21-22(9-19)29-14-28-21/h3-9,15-16H,10-14H2,1-2H3. The summed E-state index contributed by atoms with van der Waals surface area (Å²) in [5.74, 6) is 0.300. The summed E-state index contributed by atoms with van der Waals surface area (Å²) in [7, 11) is 0. The lowest BCUT2D eigenvalue weighted by atomic mass is 10.1. The molecule has 7 nitrogen and oxygen atoms in total. The van der Waals surface area contributed by atoms with Crippen LogP contribution in [0.1, 0.15) is 40.1 Å². The third kappa shape index (κ3) is 4.80. The lowest BCUT2D eigenvalue weighted by molar-refractivity contribution is -0.0704. The Morgan fingerprint density at radius 1 is 0.967 bits per heavy atom. The van der Waals surface area contributed by atoms with Gasteiger partial charge in [0.1, 0.15) is 0 Å². The maximum absolute atomic E-state index is 12.3. The number of hydrogen-bond acceptors (Lipinski definition) is 7. The normalized spacial score (nSPS) is 20.7. The van der Waals surface area contributed by atoms with E-state index in [1.807, 2.05) is 12.1 Å². The van der Waals surface area contributed by atoms with E-state index in [2.05, 4.69) is 18.7 Å². The minimum absolute atomic E-state index is 0.140. The van der Waals surface area contributed by atoms with Crippen LogP contribution < -0.4 is 9.47 Å². The van der Waals surface area contributed by atoms with Gasteiger partial charge >= 0.3 is 5.97 Å². The summed E-state index contributed by atoms with van der Waals surface area (Å²) in [5, 5.41) is 0. The van der Waals surface area contributed by atoms with Gasteiger partial charge < -0.3 is 18.9 Å². The summed E-state index contributed by atoms with van der Waals surface area (Å²) in [5.41, 5.74) is 1.95. The smallest absolute Gasteiger partial charge is 0.338 e. The van der Waals surface area contributed by atoms with Crippen molar-refractivity contribution in [3.63, 3.8) is 0 Å². The first kappa shape index (κ1) is 20.4. The molecular weight excluding hydrogens is 386 g/mol. The second-order valence-corrected chi connectivity index (χ2v) is 7.72. The molecule has 0 amide bonds. The molecule has 2 heterocycles. The number of ether oxygens (including phenoxy) is 4. The molecule has 0 saturated carbocycles. The van der Waals surface area contributed by atoms with Crippen LogP contribution in [0, 0.1) is 0 Å². The molecule has 0 radical (unpaired) electrons. The number of carbonyl (C=O) groups is 2. The molecular formula is C23H25NO6. The lowest BCUT2D eigenvalue weighted by Crippen LogP contribution is -2.44. The first-order valence-electron chi connectivity index (χ1n) is 10.0. The fourth-order valence-corrected chi connectivity index (χ4v) is 3.79. The van der Waals surface area contributed by atoms with Gasteiger partial charge in [0, 0.05) is 25.2 Å². The maximum Gasteiger partial charge on any atom is 0.338 e. The van der Waals surface area contributed by atoms with Crippen LogP contribution in [-0.2, 0) is 16.0 Å². The van der Waals surface area contributed by atoms with Crippen molar-refractivity contribution in [3.05, 3.63) is 59.2 Å². The number of hydrogen-bond donors (Lipinski definition) is 0. The number of benzene rings is 2. The van der Waals surface area contributed by atoms with E-state index in [0.29, 0.717) is 22.6 Å². The summed E-state index contributed by atoms with van der Waals surface area (Å²) in [6.07, 6.45) is 0.426. The summed E-state index contributed by atoms with van der Waals surface area (Å²) in [6.45, 7) is 6.53. The van der Waals surface area contributed by atoms with Crippen molar-refractivity contribution in [2.75, 3.05) is 26.5 Å². The minimum Gasteiger partial charge on any atom is -0.454 e. The molecule has 2 aromatic rings. The number of esters is 1. The molecule has 30 heavy (non-hydrogen) atoms. The van der Waals surface area contributed by atoms with E-state index in [0.717, 1.165) is 25.2 Å². The molecule has 2 atom stereocenters. The number of Topliss-reactive ketones (excluding diaryl/α,β-unsaturated/α-hetero) is 1. The molecule has 4 rings (SSSR count). The average Bonchev–Trinajstić information content (AvgIpc) is 3.19. The van der Waals surface area contributed by atoms with Gasteiger partial charge in [-0.05, 0) is 49.7 Å². The maximum atomic E-state index is 12.3. The second kappa shape index (κ2) is 8.85. The second-order valence-electron chi connectivity index (χ2n) is 7.72. The minimum atomic E-state index is -0.524. The van der Waals surface area contributed by atoms with Crippen LogP contribution in [0.4, 0.5) is 0 Å². The van der Waals surface area contributed by atoms with E-state index in [-0.39, 0.29) is 31.4 Å². The van der Waals surface area contributed by atoms with E-state index < -0.39 is 5.97 Å². The molecule has 0 N–H and O–H groups in total. The first-order valence-corrected chi connectivity index (χ1v) is 10.0. The van der Waals surface area contributed by atoms with E-state index in [9.17, 15) is 9.59 Å². The molecule has 2 aromatic carbocycles. The largest absolute Gasteiger partial charge is 0.454 e. The van der Waals surface area contributed by atoms with Gasteiger partial charge in [-0.25, -0.2) is 4.79 Å². The Morgan fingerprint density at radius 2 is 1.63 bits per heavy atom. The molecule has 0 spiro atoms. The van der Waals surface area contributed by atoms with Gasteiger partial charge in [0.2, 0.25) is 6.79 Å². The van der Waals surface area contributed by atoms with Gasteiger partial charge in [0.25, 0.3) is 0 Å². The Hall–Kier alpha value is -2.90. The number of carbonyl (C=O) groups excluding carboxylic acids is 2. The Labute approximate surface area is 175 Å². The van der Waals surface area contributed by atoms with Crippen molar-refractivity contribution in [2.24, 2.45) is 0 Å². The number of ketones is 1. The molecule has 1 saturated heterocycles. The van der Waals surface area contributed by atoms with Gasteiger partial charge in [0.15, 0.2) is 23.9 Å². The fraction of sp³-hybridized carbons (Fsp3) is 0.391.